The van der Waals surface area contributed by atoms with Crippen LogP contribution in [0.25, 0.3) is 0 Å². The summed E-state index contributed by atoms with van der Waals surface area (Å²) in [7, 11) is -1.70. The molecule has 0 saturated heterocycles. The van der Waals surface area contributed by atoms with E-state index in [4.69, 9.17) is 10.7 Å². The zero-order valence-electron chi connectivity index (χ0n) is 10.7. The molecule has 0 fully saturated rings. The molecule has 0 saturated carbocycles. The summed E-state index contributed by atoms with van der Waals surface area (Å²) < 4.78 is 43.8. The van der Waals surface area contributed by atoms with E-state index in [1.807, 2.05) is 0 Å². The monoisotopic (exact) mass is 339 g/mol. The second-order valence-electron chi connectivity index (χ2n) is 4.20. The maximum atomic E-state index is 11.7. The van der Waals surface area contributed by atoms with Crippen LogP contribution in [0.4, 0.5) is 0 Å². The summed E-state index contributed by atoms with van der Waals surface area (Å²) in [5, 5.41) is 2.54. The van der Waals surface area contributed by atoms with Crippen LogP contribution < -0.4 is 5.32 Å². The van der Waals surface area contributed by atoms with Crippen LogP contribution in [0, 0.1) is 0 Å². The zero-order chi connectivity index (χ0) is 15.4. The molecule has 0 aromatic heterocycles. The molecule has 9 heteroatoms. The number of amides is 1. The molecule has 0 aliphatic heterocycles. The Morgan fingerprint density at radius 2 is 1.70 bits per heavy atom. The lowest BCUT2D eigenvalue weighted by atomic mass is 10.2. The number of halogens is 1. The van der Waals surface area contributed by atoms with Gasteiger partial charge in [0.05, 0.1) is 10.6 Å². The summed E-state index contributed by atoms with van der Waals surface area (Å²) >= 11 is 0. The first-order chi connectivity index (χ1) is 9.09. The van der Waals surface area contributed by atoms with E-state index in [1.165, 1.54) is 24.3 Å². The molecule has 0 spiro atoms. The summed E-state index contributed by atoms with van der Waals surface area (Å²) in [5.74, 6) is -0.409. The molecule has 0 heterocycles. The van der Waals surface area contributed by atoms with Crippen molar-refractivity contribution in [1.29, 1.82) is 0 Å². The molecule has 1 amide bonds. The normalized spacial score (nSPS) is 12.1. The fourth-order valence-electron chi connectivity index (χ4n) is 1.41. The number of hydrogen-bond donors (Lipinski definition) is 1. The van der Waals surface area contributed by atoms with Gasteiger partial charge >= 0.3 is 0 Å². The highest BCUT2D eigenvalue weighted by Gasteiger charge is 2.11. The van der Waals surface area contributed by atoms with Gasteiger partial charge in [-0.25, -0.2) is 16.8 Å². The molecule has 0 aliphatic rings. The Labute approximate surface area is 122 Å². The van der Waals surface area contributed by atoms with Crippen LogP contribution in [-0.4, -0.2) is 41.3 Å². The lowest BCUT2D eigenvalue weighted by molar-refractivity contribution is 0.0953. The molecule has 20 heavy (non-hydrogen) atoms. The van der Waals surface area contributed by atoms with Gasteiger partial charge in [-0.1, -0.05) is 0 Å². The van der Waals surface area contributed by atoms with E-state index in [0.29, 0.717) is 6.42 Å². The minimum atomic E-state index is -3.81. The molecule has 0 aliphatic carbocycles. The highest BCUT2D eigenvalue weighted by molar-refractivity contribution is 8.13. The largest absolute Gasteiger partial charge is 0.352 e. The molecule has 1 aromatic carbocycles. The summed E-state index contributed by atoms with van der Waals surface area (Å²) in [5.41, 5.74) is 0.272. The molecule has 6 nitrogen and oxygen atoms in total. The van der Waals surface area contributed by atoms with Gasteiger partial charge < -0.3 is 5.32 Å². The van der Waals surface area contributed by atoms with Crippen molar-refractivity contribution < 1.29 is 21.6 Å². The summed E-state index contributed by atoms with van der Waals surface area (Å²) in [6.45, 7) is 0.224. The van der Waals surface area contributed by atoms with E-state index >= 15 is 0 Å². The Kier molecular flexibility index (Phi) is 5.55. The Bertz CT molecular complexity index is 680. The third-order valence-electron chi connectivity index (χ3n) is 2.38. The van der Waals surface area contributed by atoms with E-state index in [9.17, 15) is 21.6 Å². The van der Waals surface area contributed by atoms with Gasteiger partial charge in [-0.3, -0.25) is 4.79 Å². The number of rotatable bonds is 6. The van der Waals surface area contributed by atoms with Gasteiger partial charge in [-0.2, -0.15) is 0 Å². The van der Waals surface area contributed by atoms with Gasteiger partial charge in [0, 0.05) is 29.0 Å². The first kappa shape index (κ1) is 16.9. The highest BCUT2D eigenvalue weighted by Crippen LogP contribution is 2.15. The molecule has 1 N–H and O–H groups in total. The minimum Gasteiger partial charge on any atom is -0.352 e. The summed E-state index contributed by atoms with van der Waals surface area (Å²) in [6.07, 6.45) is 1.44. The highest BCUT2D eigenvalue weighted by atomic mass is 35.7. The second kappa shape index (κ2) is 6.55. The van der Waals surface area contributed by atoms with E-state index in [-0.39, 0.29) is 22.8 Å². The Morgan fingerprint density at radius 3 is 2.15 bits per heavy atom. The average Bonchev–Trinajstić information content (AvgIpc) is 2.32. The van der Waals surface area contributed by atoms with Crippen molar-refractivity contribution in [3.8, 4) is 0 Å². The van der Waals surface area contributed by atoms with E-state index < -0.39 is 24.8 Å². The smallest absolute Gasteiger partial charge is 0.261 e. The van der Waals surface area contributed by atoms with E-state index in [2.05, 4.69) is 5.32 Å². The number of nitrogens with one attached hydrogen (secondary N) is 1. The molecule has 112 valence electrons. The maximum absolute atomic E-state index is 11.7. The van der Waals surface area contributed by atoms with Crippen molar-refractivity contribution in [2.45, 2.75) is 11.3 Å². The summed E-state index contributed by atoms with van der Waals surface area (Å²) in [6, 6.07) is 5.13. The lowest BCUT2D eigenvalue weighted by Crippen LogP contribution is -2.25. The van der Waals surface area contributed by atoms with Crippen molar-refractivity contribution in [1.82, 2.24) is 5.32 Å². The number of carbonyl (C=O) groups is 1. The molecule has 0 unspecified atom stereocenters. The van der Waals surface area contributed by atoms with Crippen molar-refractivity contribution >= 4 is 35.5 Å². The van der Waals surface area contributed by atoms with Gasteiger partial charge in [0.2, 0.25) is 0 Å². The standard InChI is InChI=1S/C11H14ClNO5S2/c1-19(15,16)8-2-7-13-11(14)9-3-5-10(6-4-9)20(12,17)18/h3-6H,2,7-8H2,1H3,(H,13,14). The van der Waals surface area contributed by atoms with Crippen LogP contribution in [0.15, 0.2) is 29.2 Å². The van der Waals surface area contributed by atoms with Crippen molar-refractivity contribution in [3.63, 3.8) is 0 Å². The minimum absolute atomic E-state index is 0.00326. The van der Waals surface area contributed by atoms with Gasteiger partial charge in [-0.05, 0) is 30.7 Å². The van der Waals surface area contributed by atoms with Gasteiger partial charge in [0.1, 0.15) is 9.84 Å². The Hall–Kier alpha value is -1.12. The summed E-state index contributed by atoms with van der Waals surface area (Å²) in [4.78, 5) is 11.6. The Morgan fingerprint density at radius 1 is 1.15 bits per heavy atom. The average molecular weight is 340 g/mol. The molecule has 1 rings (SSSR count). The lowest BCUT2D eigenvalue weighted by Gasteiger charge is -2.05. The van der Waals surface area contributed by atoms with E-state index in [0.717, 1.165) is 6.26 Å². The zero-order valence-corrected chi connectivity index (χ0v) is 13.1. The Balaban J connectivity index is 2.57. The fourth-order valence-corrected chi connectivity index (χ4v) is 2.85. The second-order valence-corrected chi connectivity index (χ2v) is 9.03. The predicted molar refractivity (Wildman–Crippen MR) is 76.1 cm³/mol. The first-order valence-corrected chi connectivity index (χ1v) is 9.97. The van der Waals surface area contributed by atoms with E-state index in [1.54, 1.807) is 0 Å². The molecule has 1 aromatic rings. The van der Waals surface area contributed by atoms with Crippen LogP contribution >= 0.6 is 10.7 Å². The van der Waals surface area contributed by atoms with Gasteiger partial charge in [0.15, 0.2) is 0 Å². The fraction of sp³-hybridized carbons (Fsp3) is 0.364. The van der Waals surface area contributed by atoms with Gasteiger partial charge in [-0.15, -0.1) is 0 Å². The number of hydrogen-bond acceptors (Lipinski definition) is 5. The molecule has 0 radical (unpaired) electrons. The molecule has 0 atom stereocenters. The quantitative estimate of drug-likeness (QED) is 0.610. The van der Waals surface area contributed by atoms with Crippen LogP contribution in [0.2, 0.25) is 0 Å². The number of benzene rings is 1. The maximum Gasteiger partial charge on any atom is 0.261 e. The molecular weight excluding hydrogens is 326 g/mol. The SMILES string of the molecule is CS(=O)(=O)CCCNC(=O)c1ccc(S(=O)(=O)Cl)cc1. The van der Waals surface area contributed by atoms with Gasteiger partial charge in [0.25, 0.3) is 15.0 Å². The van der Waals surface area contributed by atoms with Crippen molar-refractivity contribution in [2.24, 2.45) is 0 Å². The molecular formula is C11H14ClNO5S2. The predicted octanol–water partition coefficient (Wildman–Crippen LogP) is 0.779. The third kappa shape index (κ3) is 5.89. The van der Waals surface area contributed by atoms with Crippen LogP contribution in [0.3, 0.4) is 0 Å². The topological polar surface area (TPSA) is 97.4 Å². The van der Waals surface area contributed by atoms with Crippen LogP contribution in [-0.2, 0) is 18.9 Å². The third-order valence-corrected chi connectivity index (χ3v) is 4.78. The molecule has 0 bridgehead atoms. The van der Waals surface area contributed by atoms with Crippen molar-refractivity contribution in [3.05, 3.63) is 29.8 Å². The van der Waals surface area contributed by atoms with Crippen molar-refractivity contribution in [2.75, 3.05) is 18.6 Å². The number of sulfone groups is 1. The van der Waals surface area contributed by atoms with Crippen LogP contribution in [0.1, 0.15) is 16.8 Å². The first-order valence-electron chi connectivity index (χ1n) is 5.60. The van der Waals surface area contributed by atoms with Crippen LogP contribution in [0.5, 0.6) is 0 Å². The number of carbonyl (C=O) groups excluding carboxylic acids is 1.